The molecule has 3 N–H and O–H groups in total. The zero-order chi connectivity index (χ0) is 19.8. The van der Waals surface area contributed by atoms with Gasteiger partial charge < -0.3 is 25.2 Å². The lowest BCUT2D eigenvalue weighted by Gasteiger charge is -2.25. The maximum absolute atomic E-state index is 10.8. The number of rotatable bonds is 6. The topological polar surface area (TPSA) is 75.1 Å². The maximum atomic E-state index is 10.8. The first kappa shape index (κ1) is 23.3. The minimum atomic E-state index is -1.00. The lowest BCUT2D eigenvalue weighted by Crippen LogP contribution is -2.44. The van der Waals surface area contributed by atoms with Crippen molar-refractivity contribution < 1.29 is 14.6 Å². The van der Waals surface area contributed by atoms with E-state index < -0.39 is 5.60 Å². The molecule has 0 saturated carbocycles. The van der Waals surface area contributed by atoms with Gasteiger partial charge in [0.1, 0.15) is 5.60 Å². The number of para-hydroxylation sites is 1. The molecule has 7 heteroatoms. The lowest BCUT2D eigenvalue weighted by atomic mass is 9.96. The molecule has 3 rings (SSSR count). The number of aliphatic imine (C=N–C) groups is 1. The minimum Gasteiger partial charge on any atom is -0.490 e. The minimum absolute atomic E-state index is 0. The van der Waals surface area contributed by atoms with E-state index >= 15 is 0 Å². The maximum Gasteiger partial charge on any atom is 0.191 e. The molecule has 1 aliphatic rings. The van der Waals surface area contributed by atoms with Crippen LogP contribution in [0.1, 0.15) is 31.4 Å². The Balaban J connectivity index is 0.00000300. The van der Waals surface area contributed by atoms with Crippen LogP contribution in [0.5, 0.6) is 11.5 Å². The van der Waals surface area contributed by atoms with E-state index in [9.17, 15) is 5.11 Å². The van der Waals surface area contributed by atoms with Crippen LogP contribution in [0, 0.1) is 0 Å². The fourth-order valence-electron chi connectivity index (χ4n) is 3.04. The van der Waals surface area contributed by atoms with Crippen LogP contribution >= 0.6 is 24.0 Å². The Morgan fingerprint density at radius 2 is 1.83 bits per heavy atom. The number of aliphatic hydroxyl groups is 1. The summed E-state index contributed by atoms with van der Waals surface area (Å²) in [7, 11) is 0. The smallest absolute Gasteiger partial charge is 0.191 e. The molecule has 1 aliphatic heterocycles. The first-order valence-electron chi connectivity index (χ1n) is 9.78. The second-order valence-corrected chi connectivity index (χ2v) is 6.98. The van der Waals surface area contributed by atoms with Crippen LogP contribution in [0.15, 0.2) is 53.5 Å². The molecular formula is C22H30IN3O3. The van der Waals surface area contributed by atoms with Crippen molar-refractivity contribution >= 4 is 29.9 Å². The van der Waals surface area contributed by atoms with Gasteiger partial charge in [0.25, 0.3) is 0 Å². The molecule has 1 atom stereocenters. The van der Waals surface area contributed by atoms with Gasteiger partial charge in [0.2, 0.25) is 0 Å². The Bertz CT molecular complexity index is 797. The number of ether oxygens (including phenoxy) is 2. The highest BCUT2D eigenvalue weighted by Gasteiger charge is 2.23. The van der Waals surface area contributed by atoms with Gasteiger partial charge in [-0.05, 0) is 25.5 Å². The van der Waals surface area contributed by atoms with E-state index in [0.29, 0.717) is 32.3 Å². The monoisotopic (exact) mass is 511 g/mol. The summed E-state index contributed by atoms with van der Waals surface area (Å²) in [5, 5.41) is 17.3. The van der Waals surface area contributed by atoms with E-state index in [1.807, 2.05) is 55.5 Å². The molecule has 1 unspecified atom stereocenters. The van der Waals surface area contributed by atoms with Crippen molar-refractivity contribution in [2.45, 2.75) is 32.4 Å². The quantitative estimate of drug-likeness (QED) is 0.315. The average Bonchev–Trinajstić information content (AvgIpc) is 2.97. The van der Waals surface area contributed by atoms with E-state index in [-0.39, 0.29) is 24.0 Å². The molecular weight excluding hydrogens is 481 g/mol. The second-order valence-electron chi connectivity index (χ2n) is 6.98. The van der Waals surface area contributed by atoms with Crippen molar-refractivity contribution in [1.82, 2.24) is 10.6 Å². The molecule has 0 saturated heterocycles. The molecule has 6 nitrogen and oxygen atoms in total. The van der Waals surface area contributed by atoms with Gasteiger partial charge in [-0.15, -0.1) is 24.0 Å². The number of hydrogen-bond acceptors (Lipinski definition) is 4. The standard InChI is InChI=1S/C22H29N3O3.HI/c1-3-23-21(25-16-22(2,26)18-10-5-4-6-11-18)24-15-17-9-7-12-19-20(17)28-14-8-13-27-19;/h4-7,9-12,26H,3,8,13-16H2,1-2H3,(H2,23,24,25);1H. The number of benzene rings is 2. The molecule has 0 radical (unpaired) electrons. The van der Waals surface area contributed by atoms with Crippen LogP contribution in [0.3, 0.4) is 0 Å². The summed E-state index contributed by atoms with van der Waals surface area (Å²) in [6, 6.07) is 15.5. The summed E-state index contributed by atoms with van der Waals surface area (Å²) in [5.41, 5.74) is 0.835. The number of nitrogens with zero attached hydrogens (tertiary/aromatic N) is 1. The third kappa shape index (κ3) is 6.50. The SMILES string of the molecule is CCNC(=NCc1cccc2c1OCCCO2)NCC(C)(O)c1ccccc1.I. The number of hydrogen-bond donors (Lipinski definition) is 3. The first-order valence-corrected chi connectivity index (χ1v) is 9.78. The van der Waals surface area contributed by atoms with Crippen LogP contribution in [-0.4, -0.2) is 37.4 Å². The van der Waals surface area contributed by atoms with Crippen molar-refractivity contribution in [2.75, 3.05) is 26.3 Å². The van der Waals surface area contributed by atoms with E-state index in [0.717, 1.165) is 35.6 Å². The highest BCUT2D eigenvalue weighted by molar-refractivity contribution is 14.0. The number of fused-ring (bicyclic) bond motifs is 1. The van der Waals surface area contributed by atoms with Crippen molar-refractivity contribution in [3.05, 3.63) is 59.7 Å². The van der Waals surface area contributed by atoms with Crippen molar-refractivity contribution in [1.29, 1.82) is 0 Å². The van der Waals surface area contributed by atoms with Gasteiger partial charge in [-0.3, -0.25) is 0 Å². The number of halogens is 1. The van der Waals surface area contributed by atoms with Gasteiger partial charge >= 0.3 is 0 Å². The van der Waals surface area contributed by atoms with Gasteiger partial charge in [0, 0.05) is 18.5 Å². The van der Waals surface area contributed by atoms with E-state index in [4.69, 9.17) is 9.47 Å². The van der Waals surface area contributed by atoms with Gasteiger partial charge in [0.15, 0.2) is 17.5 Å². The summed E-state index contributed by atoms with van der Waals surface area (Å²) in [6.07, 6.45) is 0.871. The third-order valence-corrected chi connectivity index (χ3v) is 4.60. The molecule has 0 fully saturated rings. The molecule has 0 aliphatic carbocycles. The van der Waals surface area contributed by atoms with Crippen LogP contribution < -0.4 is 20.1 Å². The van der Waals surface area contributed by atoms with Crippen molar-refractivity contribution in [2.24, 2.45) is 4.99 Å². The summed E-state index contributed by atoms with van der Waals surface area (Å²) in [4.78, 5) is 4.67. The normalized spacial score (nSPS) is 15.5. The van der Waals surface area contributed by atoms with Gasteiger partial charge in [0.05, 0.1) is 26.3 Å². The molecule has 2 aromatic carbocycles. The third-order valence-electron chi connectivity index (χ3n) is 4.60. The van der Waals surface area contributed by atoms with Crippen molar-refractivity contribution in [3.8, 4) is 11.5 Å². The van der Waals surface area contributed by atoms with Gasteiger partial charge in [-0.25, -0.2) is 4.99 Å². The fraction of sp³-hybridized carbons (Fsp3) is 0.409. The molecule has 2 aromatic rings. The van der Waals surface area contributed by atoms with Gasteiger partial charge in [-0.2, -0.15) is 0 Å². The lowest BCUT2D eigenvalue weighted by molar-refractivity contribution is 0.0617. The number of nitrogens with one attached hydrogen (secondary N) is 2. The zero-order valence-electron chi connectivity index (χ0n) is 17.0. The molecule has 0 spiro atoms. The first-order chi connectivity index (χ1) is 13.6. The van der Waals surface area contributed by atoms with E-state index in [2.05, 4.69) is 15.6 Å². The van der Waals surface area contributed by atoms with E-state index in [1.165, 1.54) is 0 Å². The summed E-state index contributed by atoms with van der Waals surface area (Å²) < 4.78 is 11.6. The molecule has 158 valence electrons. The predicted molar refractivity (Wildman–Crippen MR) is 126 cm³/mol. The number of guanidine groups is 1. The molecule has 29 heavy (non-hydrogen) atoms. The van der Waals surface area contributed by atoms with Crippen LogP contribution in [0.4, 0.5) is 0 Å². The molecule has 0 amide bonds. The van der Waals surface area contributed by atoms with Crippen LogP contribution in [0.2, 0.25) is 0 Å². The fourth-order valence-corrected chi connectivity index (χ4v) is 3.04. The predicted octanol–water partition coefficient (Wildman–Crippen LogP) is 3.43. The Morgan fingerprint density at radius 3 is 2.59 bits per heavy atom. The Labute approximate surface area is 189 Å². The molecule has 0 aromatic heterocycles. The average molecular weight is 511 g/mol. The van der Waals surface area contributed by atoms with Crippen molar-refractivity contribution in [3.63, 3.8) is 0 Å². The van der Waals surface area contributed by atoms with Crippen LogP contribution in [0.25, 0.3) is 0 Å². The molecule has 1 heterocycles. The summed E-state index contributed by atoms with van der Waals surface area (Å²) in [6.45, 7) is 6.64. The van der Waals surface area contributed by atoms with Gasteiger partial charge in [-0.1, -0.05) is 42.5 Å². The Hall–Kier alpha value is -2.00. The molecule has 0 bridgehead atoms. The summed E-state index contributed by atoms with van der Waals surface area (Å²) >= 11 is 0. The second kappa shape index (κ2) is 11.3. The Morgan fingerprint density at radius 1 is 1.07 bits per heavy atom. The highest BCUT2D eigenvalue weighted by Crippen LogP contribution is 2.33. The van der Waals surface area contributed by atoms with E-state index in [1.54, 1.807) is 6.92 Å². The zero-order valence-corrected chi connectivity index (χ0v) is 19.3. The largest absolute Gasteiger partial charge is 0.490 e. The highest BCUT2D eigenvalue weighted by atomic mass is 127. The Kier molecular flexibility index (Phi) is 9.03. The summed E-state index contributed by atoms with van der Waals surface area (Å²) in [5.74, 6) is 2.19. The van der Waals surface area contributed by atoms with Crippen LogP contribution in [-0.2, 0) is 12.1 Å².